The maximum Gasteiger partial charge on any atom is 0.326 e. The van der Waals surface area contributed by atoms with Crippen molar-refractivity contribution in [2.75, 3.05) is 52.4 Å². The van der Waals surface area contributed by atoms with Gasteiger partial charge in [0.25, 0.3) is 0 Å². The van der Waals surface area contributed by atoms with Gasteiger partial charge in [-0.3, -0.25) is 4.79 Å². The largest absolute Gasteiger partial charge is 0.496 e. The van der Waals surface area contributed by atoms with Crippen LogP contribution in [0.4, 0.5) is 10.2 Å². The van der Waals surface area contributed by atoms with Crippen LogP contribution in [0.15, 0.2) is 30.3 Å². The number of unbranched alkanes of at least 4 members (excludes halogenated alkanes) is 1. The van der Waals surface area contributed by atoms with Crippen LogP contribution in [0.1, 0.15) is 55.3 Å². The van der Waals surface area contributed by atoms with Crippen LogP contribution in [0.5, 0.6) is 5.75 Å². The number of anilines is 1. The number of carbonyl (C=O) groups is 2. The molecule has 1 aliphatic carbocycles. The van der Waals surface area contributed by atoms with Gasteiger partial charge in [-0.15, -0.1) is 0 Å². The van der Waals surface area contributed by atoms with E-state index in [1.807, 2.05) is 4.90 Å². The second-order valence-electron chi connectivity index (χ2n) is 11.2. The third kappa shape index (κ3) is 7.90. The van der Waals surface area contributed by atoms with Crippen LogP contribution in [-0.4, -0.2) is 86.1 Å². The van der Waals surface area contributed by atoms with Crippen molar-refractivity contribution < 1.29 is 28.6 Å². The molecule has 42 heavy (non-hydrogen) atoms. The lowest BCUT2D eigenvalue weighted by Gasteiger charge is -2.28. The molecule has 2 heterocycles. The number of fused-ring (bicyclic) bond motifs is 1. The maximum absolute atomic E-state index is 13.5. The Morgan fingerprint density at radius 1 is 1.21 bits per heavy atom. The van der Waals surface area contributed by atoms with E-state index in [1.54, 1.807) is 18.2 Å². The van der Waals surface area contributed by atoms with Gasteiger partial charge in [0.1, 0.15) is 24.3 Å². The number of rotatable bonds is 17. The van der Waals surface area contributed by atoms with Crippen molar-refractivity contribution in [3.8, 4) is 5.75 Å². The third-order valence-corrected chi connectivity index (χ3v) is 8.59. The first-order valence-electron chi connectivity index (χ1n) is 14.7. The summed E-state index contributed by atoms with van der Waals surface area (Å²) in [6, 6.07) is 8.32. The summed E-state index contributed by atoms with van der Waals surface area (Å²) >= 11 is 6.45. The Balaban J connectivity index is 1.34. The lowest BCUT2D eigenvalue weighted by molar-refractivity contribution is -0.142. The van der Waals surface area contributed by atoms with Gasteiger partial charge >= 0.3 is 5.97 Å². The van der Waals surface area contributed by atoms with Crippen LogP contribution < -0.4 is 15.4 Å². The van der Waals surface area contributed by atoms with Crippen LogP contribution in [0.2, 0.25) is 5.02 Å². The molecule has 0 saturated heterocycles. The molecule has 230 valence electrons. The molecule has 9 nitrogen and oxygen atoms in total. The van der Waals surface area contributed by atoms with E-state index >= 15 is 0 Å². The van der Waals surface area contributed by atoms with E-state index in [0.29, 0.717) is 48.8 Å². The Hall–Kier alpha value is -2.95. The predicted octanol–water partition coefficient (Wildman–Crippen LogP) is 4.40. The number of hydrogen-bond donors (Lipinski definition) is 3. The number of nitrogens with zero attached hydrogens (tertiary/aromatic N) is 2. The number of carbonyl (C=O) groups excluding carboxylic acids is 1. The smallest absolute Gasteiger partial charge is 0.326 e. The van der Waals surface area contributed by atoms with Crippen molar-refractivity contribution in [1.82, 2.24) is 15.2 Å². The van der Waals surface area contributed by atoms with Gasteiger partial charge in [0.05, 0.1) is 18.6 Å². The number of amides is 1. The number of alkyl halides is 1. The molecule has 0 radical (unpaired) electrons. The molecule has 1 aromatic heterocycles. The van der Waals surface area contributed by atoms with E-state index in [1.165, 1.54) is 19.8 Å². The monoisotopic (exact) mass is 604 g/mol. The zero-order valence-electron chi connectivity index (χ0n) is 24.5. The molecular weight excluding hydrogens is 563 g/mol. The summed E-state index contributed by atoms with van der Waals surface area (Å²) in [4.78, 5) is 32.4. The van der Waals surface area contributed by atoms with E-state index in [2.05, 4.69) is 22.8 Å². The first-order valence-corrected chi connectivity index (χ1v) is 15.1. The number of benzene rings is 1. The van der Waals surface area contributed by atoms with E-state index in [0.717, 1.165) is 50.2 Å². The molecule has 1 saturated carbocycles. The number of aromatic nitrogens is 1. The van der Waals surface area contributed by atoms with Crippen LogP contribution in [0, 0.1) is 0 Å². The normalized spacial score (nSPS) is 16.7. The lowest BCUT2D eigenvalue weighted by atomic mass is 9.93. The number of ether oxygens (including phenoxy) is 2. The van der Waals surface area contributed by atoms with Gasteiger partial charge < -0.3 is 30.1 Å². The second-order valence-corrected chi connectivity index (χ2v) is 11.6. The highest BCUT2D eigenvalue weighted by atomic mass is 35.5. The number of aliphatic carboxylic acids is 1. The molecule has 2 atom stereocenters. The molecule has 1 fully saturated rings. The number of halogens is 2. The van der Waals surface area contributed by atoms with Crippen molar-refractivity contribution in [3.05, 3.63) is 52.2 Å². The summed E-state index contributed by atoms with van der Waals surface area (Å²) in [5.74, 6) is -0.00892. The standard InChI is InChI=1S/C31H42ClFN4O5/c1-41-23(19-33)20-37(17-4-3-8-22-12-11-21-7-6-16-34-28(21)35-22)18-13-25(29(38)39)36-30(40)31(14-15-31)27-24(32)9-5-10-26(27)42-2/h5,9-12,23,25H,3-4,6-8,13-20H2,1-2H3,(H,34,35)(H,36,40)(H,38,39). The number of carboxylic acid groups (broad SMARTS) is 1. The van der Waals surface area contributed by atoms with Gasteiger partial charge in [0.2, 0.25) is 5.91 Å². The van der Waals surface area contributed by atoms with E-state index in [9.17, 15) is 19.1 Å². The third-order valence-electron chi connectivity index (χ3n) is 8.27. The van der Waals surface area contributed by atoms with Crippen LogP contribution in [0.3, 0.4) is 0 Å². The fourth-order valence-electron chi connectivity index (χ4n) is 5.64. The molecule has 1 aromatic carbocycles. The number of pyridine rings is 1. The molecule has 1 amide bonds. The van der Waals surface area contributed by atoms with E-state index in [-0.39, 0.29) is 12.3 Å². The Kier molecular flexibility index (Phi) is 11.4. The number of hydrogen-bond acceptors (Lipinski definition) is 7. The first-order chi connectivity index (χ1) is 20.3. The van der Waals surface area contributed by atoms with Gasteiger partial charge in [-0.25, -0.2) is 14.2 Å². The minimum Gasteiger partial charge on any atom is -0.496 e. The van der Waals surface area contributed by atoms with Crippen molar-refractivity contribution in [3.63, 3.8) is 0 Å². The number of aryl methyl sites for hydroxylation is 2. The molecule has 2 unspecified atom stereocenters. The molecular formula is C31H42ClFN4O5. The summed E-state index contributed by atoms with van der Waals surface area (Å²) in [5, 5.41) is 16.5. The highest BCUT2D eigenvalue weighted by Gasteiger charge is 2.54. The highest BCUT2D eigenvalue weighted by Crippen LogP contribution is 2.54. The molecule has 2 aromatic rings. The van der Waals surface area contributed by atoms with Gasteiger partial charge in [-0.1, -0.05) is 23.7 Å². The Labute approximate surface area is 252 Å². The lowest BCUT2D eigenvalue weighted by Crippen LogP contribution is -2.47. The van der Waals surface area contributed by atoms with Gasteiger partial charge in [-0.2, -0.15) is 0 Å². The summed E-state index contributed by atoms with van der Waals surface area (Å²) < 4.78 is 24.2. The van der Waals surface area contributed by atoms with Gasteiger partial charge in [0.15, 0.2) is 0 Å². The number of methoxy groups -OCH3 is 2. The first kappa shape index (κ1) is 32.0. The second kappa shape index (κ2) is 15.0. The SMILES string of the molecule is COc1cccc(Cl)c1C1(C(=O)NC(CCN(CCCCc2ccc3c(n2)NCCC3)CC(CF)OC)C(=O)O)CC1. The summed E-state index contributed by atoms with van der Waals surface area (Å²) in [5.41, 5.74) is 1.97. The average Bonchev–Trinajstić information content (AvgIpc) is 3.80. The quantitative estimate of drug-likeness (QED) is 0.228. The Morgan fingerprint density at radius 3 is 2.71 bits per heavy atom. The Bertz CT molecular complexity index is 1220. The van der Waals surface area contributed by atoms with Crippen molar-refractivity contribution in [2.45, 2.75) is 68.9 Å². The van der Waals surface area contributed by atoms with E-state index in [4.69, 9.17) is 26.1 Å². The zero-order chi connectivity index (χ0) is 30.1. The molecule has 4 rings (SSSR count). The minimum absolute atomic E-state index is 0.164. The van der Waals surface area contributed by atoms with Crippen LogP contribution in [-0.2, 0) is 32.6 Å². The minimum atomic E-state index is -1.12. The molecule has 3 N–H and O–H groups in total. The zero-order valence-corrected chi connectivity index (χ0v) is 25.2. The maximum atomic E-state index is 13.5. The van der Waals surface area contributed by atoms with Crippen LogP contribution in [0.25, 0.3) is 0 Å². The highest BCUT2D eigenvalue weighted by molar-refractivity contribution is 6.32. The van der Waals surface area contributed by atoms with Gasteiger partial charge in [-0.05, 0) is 81.7 Å². The van der Waals surface area contributed by atoms with Crippen molar-refractivity contribution >= 4 is 29.3 Å². The molecule has 0 spiro atoms. The Morgan fingerprint density at radius 2 is 2.02 bits per heavy atom. The van der Waals surface area contributed by atoms with Crippen molar-refractivity contribution in [2.24, 2.45) is 0 Å². The summed E-state index contributed by atoms with van der Waals surface area (Å²) in [6.45, 7) is 1.64. The summed E-state index contributed by atoms with van der Waals surface area (Å²) in [6.07, 6.45) is 5.36. The molecule has 2 aliphatic rings. The topological polar surface area (TPSA) is 113 Å². The molecule has 0 bridgehead atoms. The van der Waals surface area contributed by atoms with Gasteiger partial charge in [0, 0.05) is 43.0 Å². The fraction of sp³-hybridized carbons (Fsp3) is 0.581. The van der Waals surface area contributed by atoms with Crippen molar-refractivity contribution in [1.29, 1.82) is 0 Å². The number of nitrogens with one attached hydrogen (secondary N) is 2. The van der Waals surface area contributed by atoms with E-state index < -0.39 is 30.2 Å². The molecule has 11 heteroatoms. The molecule has 1 aliphatic heterocycles. The number of carboxylic acids is 1. The average molecular weight is 605 g/mol. The predicted molar refractivity (Wildman–Crippen MR) is 160 cm³/mol. The van der Waals surface area contributed by atoms with Crippen LogP contribution >= 0.6 is 11.6 Å². The summed E-state index contributed by atoms with van der Waals surface area (Å²) in [7, 11) is 2.99. The fourth-order valence-corrected chi connectivity index (χ4v) is 5.98.